The average molecular weight is 425 g/mol. The van der Waals surface area contributed by atoms with Crippen LogP contribution in [0.4, 0.5) is 0 Å². The molecular formula is C24H27NO6. The zero-order valence-electron chi connectivity index (χ0n) is 17.7. The predicted molar refractivity (Wildman–Crippen MR) is 116 cm³/mol. The molecule has 0 aromatic heterocycles. The number of aryl methyl sites for hydroxylation is 1. The summed E-state index contributed by atoms with van der Waals surface area (Å²) in [5.41, 5.74) is 2.20. The number of carbonyl (C=O) groups is 2. The fourth-order valence-electron chi connectivity index (χ4n) is 3.57. The van der Waals surface area contributed by atoms with E-state index in [9.17, 15) is 14.7 Å². The number of likely N-dealkylation sites (tertiary alicyclic amines) is 1. The topological polar surface area (TPSA) is 96.3 Å². The molecule has 1 aliphatic rings. The summed E-state index contributed by atoms with van der Waals surface area (Å²) in [6.45, 7) is 4.65. The van der Waals surface area contributed by atoms with Gasteiger partial charge >= 0.3 is 0 Å². The summed E-state index contributed by atoms with van der Waals surface area (Å²) in [6.07, 6.45) is 0. The molecule has 0 aliphatic carbocycles. The van der Waals surface area contributed by atoms with Crippen LogP contribution in [0.25, 0.3) is 5.76 Å². The summed E-state index contributed by atoms with van der Waals surface area (Å²) >= 11 is 0. The van der Waals surface area contributed by atoms with Crippen molar-refractivity contribution in [3.63, 3.8) is 0 Å². The molecule has 31 heavy (non-hydrogen) atoms. The Labute approximate surface area is 181 Å². The number of Topliss-reactive ketones (excluding diaryl/α,β-unsaturated/α-hetero) is 1. The standard InChI is InChI=1S/C24H27NO6/c1-3-31-19-10-8-17(9-11-19)21-20(22(27)18-6-4-16(2)5-7-18)23(28)24(29)25(21)12-14-30-15-13-26/h4-11,21,26-27H,3,12-15H2,1-2H3/b22-20+. The summed E-state index contributed by atoms with van der Waals surface area (Å²) in [7, 11) is 0. The second kappa shape index (κ2) is 10.2. The minimum Gasteiger partial charge on any atom is -0.507 e. The van der Waals surface area contributed by atoms with E-state index < -0.39 is 17.7 Å². The van der Waals surface area contributed by atoms with Crippen molar-refractivity contribution < 1.29 is 29.3 Å². The van der Waals surface area contributed by atoms with Gasteiger partial charge in [-0.2, -0.15) is 0 Å². The summed E-state index contributed by atoms with van der Waals surface area (Å²) in [4.78, 5) is 27.1. The minimum absolute atomic E-state index is 0.0418. The molecule has 2 aromatic rings. The molecule has 164 valence electrons. The van der Waals surface area contributed by atoms with Crippen LogP contribution in [0.2, 0.25) is 0 Å². The molecule has 0 radical (unpaired) electrons. The molecule has 2 aromatic carbocycles. The Morgan fingerprint density at radius 2 is 1.71 bits per heavy atom. The molecule has 0 spiro atoms. The molecule has 1 fully saturated rings. The van der Waals surface area contributed by atoms with Crippen molar-refractivity contribution in [1.29, 1.82) is 0 Å². The van der Waals surface area contributed by atoms with Crippen LogP contribution >= 0.6 is 0 Å². The number of rotatable bonds is 9. The van der Waals surface area contributed by atoms with Crippen LogP contribution < -0.4 is 4.74 Å². The summed E-state index contributed by atoms with van der Waals surface area (Å²) in [5.74, 6) is -0.969. The molecule has 1 saturated heterocycles. The minimum atomic E-state index is -0.755. The van der Waals surface area contributed by atoms with Crippen LogP contribution in [-0.4, -0.2) is 59.8 Å². The SMILES string of the molecule is CCOc1ccc(C2/C(=C(\O)c3ccc(C)cc3)C(=O)C(=O)N2CCOCCO)cc1. The first-order valence-corrected chi connectivity index (χ1v) is 10.2. The van der Waals surface area contributed by atoms with Crippen LogP contribution in [0.5, 0.6) is 5.75 Å². The van der Waals surface area contributed by atoms with E-state index in [2.05, 4.69) is 0 Å². The Balaban J connectivity index is 2.03. The number of aliphatic hydroxyl groups excluding tert-OH is 2. The Bertz CT molecular complexity index is 949. The lowest BCUT2D eigenvalue weighted by Crippen LogP contribution is -2.33. The van der Waals surface area contributed by atoms with Gasteiger partial charge < -0.3 is 24.6 Å². The number of ether oxygens (including phenoxy) is 2. The van der Waals surface area contributed by atoms with Gasteiger partial charge in [-0.05, 0) is 31.5 Å². The molecule has 0 bridgehead atoms. The van der Waals surface area contributed by atoms with Gasteiger partial charge in [-0.15, -0.1) is 0 Å². The largest absolute Gasteiger partial charge is 0.507 e. The number of hydrogen-bond acceptors (Lipinski definition) is 6. The molecule has 1 aliphatic heterocycles. The number of aliphatic hydroxyl groups is 2. The van der Waals surface area contributed by atoms with Crippen molar-refractivity contribution in [3.8, 4) is 5.75 Å². The van der Waals surface area contributed by atoms with Crippen molar-refractivity contribution in [2.45, 2.75) is 19.9 Å². The van der Waals surface area contributed by atoms with Crippen molar-refractivity contribution in [3.05, 3.63) is 70.8 Å². The third kappa shape index (κ3) is 4.95. The van der Waals surface area contributed by atoms with Gasteiger partial charge in [0.15, 0.2) is 0 Å². The number of nitrogens with zero attached hydrogens (tertiary/aromatic N) is 1. The second-order valence-electron chi connectivity index (χ2n) is 7.20. The second-order valence-corrected chi connectivity index (χ2v) is 7.20. The van der Waals surface area contributed by atoms with Crippen molar-refractivity contribution in [2.75, 3.05) is 33.0 Å². The van der Waals surface area contributed by atoms with E-state index in [0.717, 1.165) is 5.56 Å². The van der Waals surface area contributed by atoms with Crippen molar-refractivity contribution >= 4 is 17.4 Å². The van der Waals surface area contributed by atoms with Crippen LogP contribution in [0.15, 0.2) is 54.1 Å². The van der Waals surface area contributed by atoms with E-state index >= 15 is 0 Å². The maximum absolute atomic E-state index is 12.9. The monoisotopic (exact) mass is 425 g/mol. The fourth-order valence-corrected chi connectivity index (χ4v) is 3.57. The maximum atomic E-state index is 12.9. The first kappa shape index (κ1) is 22.5. The Morgan fingerprint density at radius 3 is 2.32 bits per heavy atom. The molecular weight excluding hydrogens is 398 g/mol. The first-order chi connectivity index (χ1) is 15.0. The van der Waals surface area contributed by atoms with E-state index in [-0.39, 0.29) is 37.7 Å². The highest BCUT2D eigenvalue weighted by Gasteiger charge is 2.45. The van der Waals surface area contributed by atoms with E-state index in [0.29, 0.717) is 23.5 Å². The highest BCUT2D eigenvalue weighted by molar-refractivity contribution is 6.46. The van der Waals surface area contributed by atoms with Crippen LogP contribution in [0, 0.1) is 6.92 Å². The fraction of sp³-hybridized carbons (Fsp3) is 0.333. The Kier molecular flexibility index (Phi) is 7.44. The third-order valence-corrected chi connectivity index (χ3v) is 5.08. The quantitative estimate of drug-likeness (QED) is 0.278. The van der Waals surface area contributed by atoms with E-state index in [1.54, 1.807) is 36.4 Å². The molecule has 3 rings (SSSR count). The lowest BCUT2D eigenvalue weighted by Gasteiger charge is -2.25. The molecule has 1 heterocycles. The predicted octanol–water partition coefficient (Wildman–Crippen LogP) is 2.82. The highest BCUT2D eigenvalue weighted by atomic mass is 16.5. The van der Waals surface area contributed by atoms with Crippen LogP contribution in [-0.2, 0) is 14.3 Å². The number of carbonyl (C=O) groups excluding carboxylic acids is 2. The van der Waals surface area contributed by atoms with Gasteiger partial charge in [0.25, 0.3) is 11.7 Å². The Morgan fingerprint density at radius 1 is 1.03 bits per heavy atom. The third-order valence-electron chi connectivity index (χ3n) is 5.08. The number of ketones is 1. The highest BCUT2D eigenvalue weighted by Crippen LogP contribution is 2.39. The Hall–Kier alpha value is -3.16. The van der Waals surface area contributed by atoms with Gasteiger partial charge in [-0.3, -0.25) is 9.59 Å². The lowest BCUT2D eigenvalue weighted by molar-refractivity contribution is -0.140. The number of benzene rings is 2. The van der Waals surface area contributed by atoms with Crippen molar-refractivity contribution in [2.24, 2.45) is 0 Å². The molecule has 0 saturated carbocycles. The summed E-state index contributed by atoms with van der Waals surface area (Å²) in [5, 5.41) is 19.9. The molecule has 7 heteroatoms. The van der Waals surface area contributed by atoms with E-state index in [1.807, 2.05) is 26.0 Å². The van der Waals surface area contributed by atoms with Gasteiger partial charge in [0, 0.05) is 12.1 Å². The zero-order chi connectivity index (χ0) is 22.4. The number of hydrogen-bond donors (Lipinski definition) is 2. The molecule has 2 N–H and O–H groups in total. The molecule has 7 nitrogen and oxygen atoms in total. The van der Waals surface area contributed by atoms with Crippen LogP contribution in [0.1, 0.15) is 29.7 Å². The maximum Gasteiger partial charge on any atom is 0.295 e. The van der Waals surface area contributed by atoms with Crippen LogP contribution in [0.3, 0.4) is 0 Å². The van der Waals surface area contributed by atoms with Gasteiger partial charge in [-0.25, -0.2) is 0 Å². The van der Waals surface area contributed by atoms with E-state index in [1.165, 1.54) is 4.90 Å². The molecule has 1 amide bonds. The zero-order valence-corrected chi connectivity index (χ0v) is 17.7. The first-order valence-electron chi connectivity index (χ1n) is 10.2. The van der Waals surface area contributed by atoms with E-state index in [4.69, 9.17) is 14.6 Å². The van der Waals surface area contributed by atoms with Gasteiger partial charge in [0.2, 0.25) is 0 Å². The molecule has 1 atom stereocenters. The summed E-state index contributed by atoms with van der Waals surface area (Å²) in [6, 6.07) is 13.5. The van der Waals surface area contributed by atoms with Gasteiger partial charge in [0.05, 0.1) is 38.0 Å². The summed E-state index contributed by atoms with van der Waals surface area (Å²) < 4.78 is 10.8. The molecule has 1 unspecified atom stereocenters. The average Bonchev–Trinajstić information content (AvgIpc) is 3.02. The van der Waals surface area contributed by atoms with Gasteiger partial charge in [0.1, 0.15) is 11.5 Å². The normalized spacial score (nSPS) is 17.9. The smallest absolute Gasteiger partial charge is 0.295 e. The lowest BCUT2D eigenvalue weighted by atomic mass is 9.95. The van der Waals surface area contributed by atoms with Gasteiger partial charge in [-0.1, -0.05) is 42.0 Å². The number of amides is 1. The van der Waals surface area contributed by atoms with Crippen molar-refractivity contribution in [1.82, 2.24) is 4.90 Å².